The van der Waals surface area contributed by atoms with Gasteiger partial charge in [-0.2, -0.15) is 0 Å². The molecule has 1 aromatic heterocycles. The van der Waals surface area contributed by atoms with Gasteiger partial charge in [0.15, 0.2) is 5.78 Å². The van der Waals surface area contributed by atoms with Crippen molar-refractivity contribution in [1.82, 2.24) is 4.98 Å². The molecule has 74 valence electrons. The maximum atomic E-state index is 11.7. The minimum atomic E-state index is 0.253. The van der Waals surface area contributed by atoms with Crippen LogP contribution in [0.4, 0.5) is 0 Å². The molecule has 0 unspecified atom stereocenters. The van der Waals surface area contributed by atoms with Crippen LogP contribution in [0.25, 0.3) is 0 Å². The molecule has 0 aromatic carbocycles. The van der Waals surface area contributed by atoms with Crippen LogP contribution in [0.1, 0.15) is 40.9 Å². The molecule has 0 N–H and O–H groups in total. The van der Waals surface area contributed by atoms with Crippen LogP contribution < -0.4 is 0 Å². The van der Waals surface area contributed by atoms with Gasteiger partial charge < -0.3 is 0 Å². The molecule has 1 fully saturated rings. The van der Waals surface area contributed by atoms with E-state index in [2.05, 4.69) is 4.98 Å². The van der Waals surface area contributed by atoms with Crippen molar-refractivity contribution in [2.45, 2.75) is 33.1 Å². The molecule has 2 heteroatoms. The standard InChI is InChI=1S/C12H15NO/c1-8-5-11(7-13-9(8)2)12(14)6-10-3-4-10/h5,7,10H,3-4,6H2,1-2H3. The lowest BCUT2D eigenvalue weighted by Crippen LogP contribution is -2.02. The van der Waals surface area contributed by atoms with E-state index in [0.717, 1.165) is 16.8 Å². The zero-order valence-electron chi connectivity index (χ0n) is 8.71. The van der Waals surface area contributed by atoms with Crippen molar-refractivity contribution in [3.05, 3.63) is 29.1 Å². The van der Waals surface area contributed by atoms with Crippen LogP contribution in [0.3, 0.4) is 0 Å². The Labute approximate surface area is 84.4 Å². The number of nitrogens with zero attached hydrogens (tertiary/aromatic N) is 1. The number of carbonyl (C=O) groups excluding carboxylic acids is 1. The van der Waals surface area contributed by atoms with Crippen molar-refractivity contribution in [3.8, 4) is 0 Å². The molecular formula is C12H15NO. The number of carbonyl (C=O) groups is 1. The minimum Gasteiger partial charge on any atom is -0.294 e. The normalized spacial score (nSPS) is 15.6. The maximum Gasteiger partial charge on any atom is 0.164 e. The lowest BCUT2D eigenvalue weighted by Gasteiger charge is -2.02. The molecule has 0 bridgehead atoms. The SMILES string of the molecule is Cc1cc(C(=O)CC2CC2)cnc1C. The van der Waals surface area contributed by atoms with Crippen LogP contribution in [0.5, 0.6) is 0 Å². The summed E-state index contributed by atoms with van der Waals surface area (Å²) in [6, 6.07) is 1.95. The zero-order valence-corrected chi connectivity index (χ0v) is 8.71. The van der Waals surface area contributed by atoms with E-state index >= 15 is 0 Å². The van der Waals surface area contributed by atoms with Crippen LogP contribution in [0.15, 0.2) is 12.3 Å². The van der Waals surface area contributed by atoms with E-state index in [0.29, 0.717) is 12.3 Å². The highest BCUT2D eigenvalue weighted by atomic mass is 16.1. The summed E-state index contributed by atoms with van der Waals surface area (Å²) in [6.45, 7) is 3.96. The largest absolute Gasteiger partial charge is 0.294 e. The average Bonchev–Trinajstić information content (AvgIpc) is 2.93. The topological polar surface area (TPSA) is 30.0 Å². The Morgan fingerprint density at radius 2 is 2.21 bits per heavy atom. The molecule has 0 atom stereocenters. The fourth-order valence-electron chi connectivity index (χ4n) is 1.50. The molecule has 2 nitrogen and oxygen atoms in total. The molecule has 0 spiro atoms. The van der Waals surface area contributed by atoms with E-state index in [-0.39, 0.29) is 5.78 Å². The Balaban J connectivity index is 2.14. The molecule has 0 amide bonds. The number of aromatic nitrogens is 1. The van der Waals surface area contributed by atoms with Gasteiger partial charge in [0, 0.05) is 23.9 Å². The van der Waals surface area contributed by atoms with Crippen molar-refractivity contribution >= 4 is 5.78 Å². The Kier molecular flexibility index (Phi) is 2.36. The smallest absolute Gasteiger partial charge is 0.164 e. The summed E-state index contributed by atoms with van der Waals surface area (Å²) in [6.07, 6.45) is 4.87. The molecule has 1 heterocycles. The predicted octanol–water partition coefficient (Wildman–Crippen LogP) is 2.68. The monoisotopic (exact) mass is 189 g/mol. The Morgan fingerprint density at radius 3 is 2.79 bits per heavy atom. The van der Waals surface area contributed by atoms with E-state index in [1.807, 2.05) is 19.9 Å². The quantitative estimate of drug-likeness (QED) is 0.684. The van der Waals surface area contributed by atoms with Gasteiger partial charge in [-0.05, 0) is 44.2 Å². The van der Waals surface area contributed by atoms with Gasteiger partial charge in [0.25, 0.3) is 0 Å². The van der Waals surface area contributed by atoms with Gasteiger partial charge in [0.2, 0.25) is 0 Å². The van der Waals surface area contributed by atoms with E-state index in [4.69, 9.17) is 0 Å². The zero-order chi connectivity index (χ0) is 10.1. The fraction of sp³-hybridized carbons (Fsp3) is 0.500. The molecule has 0 radical (unpaired) electrons. The first-order valence-corrected chi connectivity index (χ1v) is 5.13. The summed E-state index contributed by atoms with van der Waals surface area (Å²) >= 11 is 0. The maximum absolute atomic E-state index is 11.7. The lowest BCUT2D eigenvalue weighted by molar-refractivity contribution is 0.0975. The molecule has 14 heavy (non-hydrogen) atoms. The summed E-state index contributed by atoms with van der Waals surface area (Å²) in [5, 5.41) is 0. The average molecular weight is 189 g/mol. The lowest BCUT2D eigenvalue weighted by atomic mass is 10.1. The third kappa shape index (κ3) is 2.00. The van der Waals surface area contributed by atoms with Gasteiger partial charge in [0.05, 0.1) is 0 Å². The number of pyridine rings is 1. The highest BCUT2D eigenvalue weighted by Crippen LogP contribution is 2.33. The molecule has 0 aliphatic heterocycles. The van der Waals surface area contributed by atoms with Gasteiger partial charge in [-0.25, -0.2) is 0 Å². The van der Waals surface area contributed by atoms with Crippen molar-refractivity contribution in [2.24, 2.45) is 5.92 Å². The third-order valence-corrected chi connectivity index (χ3v) is 2.83. The minimum absolute atomic E-state index is 0.253. The molecule has 1 saturated carbocycles. The van der Waals surface area contributed by atoms with E-state index in [1.54, 1.807) is 6.20 Å². The number of aryl methyl sites for hydroxylation is 2. The second-order valence-electron chi connectivity index (χ2n) is 4.20. The molecule has 1 aromatic rings. The number of rotatable bonds is 3. The molecule has 1 aliphatic rings. The number of hydrogen-bond donors (Lipinski definition) is 0. The van der Waals surface area contributed by atoms with Gasteiger partial charge >= 0.3 is 0 Å². The van der Waals surface area contributed by atoms with Crippen LogP contribution in [-0.4, -0.2) is 10.8 Å². The van der Waals surface area contributed by atoms with Crippen molar-refractivity contribution in [3.63, 3.8) is 0 Å². The van der Waals surface area contributed by atoms with Crippen LogP contribution in [0, 0.1) is 19.8 Å². The number of ketones is 1. The second kappa shape index (κ2) is 3.52. The van der Waals surface area contributed by atoms with Crippen molar-refractivity contribution in [2.75, 3.05) is 0 Å². The van der Waals surface area contributed by atoms with E-state index in [9.17, 15) is 4.79 Å². The van der Waals surface area contributed by atoms with Crippen molar-refractivity contribution in [1.29, 1.82) is 0 Å². The van der Waals surface area contributed by atoms with Crippen LogP contribution in [-0.2, 0) is 0 Å². The summed E-state index contributed by atoms with van der Waals surface area (Å²) in [7, 11) is 0. The van der Waals surface area contributed by atoms with Crippen molar-refractivity contribution < 1.29 is 4.79 Å². The number of Topliss-reactive ketones (excluding diaryl/α,β-unsaturated/α-hetero) is 1. The van der Waals surface area contributed by atoms with Gasteiger partial charge in [0.1, 0.15) is 0 Å². The molecule has 2 rings (SSSR count). The predicted molar refractivity (Wildman–Crippen MR) is 55.4 cm³/mol. The van der Waals surface area contributed by atoms with Crippen LogP contribution in [0.2, 0.25) is 0 Å². The first kappa shape index (κ1) is 9.38. The fourth-order valence-corrected chi connectivity index (χ4v) is 1.50. The van der Waals surface area contributed by atoms with E-state index < -0.39 is 0 Å². The summed E-state index contributed by atoms with van der Waals surface area (Å²) in [5.74, 6) is 0.909. The highest BCUT2D eigenvalue weighted by molar-refractivity contribution is 5.96. The third-order valence-electron chi connectivity index (χ3n) is 2.83. The molecule has 0 saturated heterocycles. The van der Waals surface area contributed by atoms with Gasteiger partial charge in [-0.15, -0.1) is 0 Å². The van der Waals surface area contributed by atoms with E-state index in [1.165, 1.54) is 12.8 Å². The van der Waals surface area contributed by atoms with Crippen LogP contribution >= 0.6 is 0 Å². The van der Waals surface area contributed by atoms with Gasteiger partial charge in [-0.1, -0.05) is 0 Å². The summed E-state index contributed by atoms with van der Waals surface area (Å²) in [4.78, 5) is 15.9. The van der Waals surface area contributed by atoms with Gasteiger partial charge in [-0.3, -0.25) is 9.78 Å². The second-order valence-corrected chi connectivity index (χ2v) is 4.20. The Bertz CT molecular complexity index is 367. The number of hydrogen-bond acceptors (Lipinski definition) is 2. The summed E-state index contributed by atoms with van der Waals surface area (Å²) < 4.78 is 0. The first-order valence-electron chi connectivity index (χ1n) is 5.13. The highest BCUT2D eigenvalue weighted by Gasteiger charge is 2.25. The molecule has 1 aliphatic carbocycles. The molecular weight excluding hydrogens is 174 g/mol. The Morgan fingerprint density at radius 1 is 1.50 bits per heavy atom. The Hall–Kier alpha value is -1.18. The first-order chi connectivity index (χ1) is 6.66. The summed E-state index contributed by atoms with van der Waals surface area (Å²) in [5.41, 5.74) is 2.89.